The fourth-order valence-electron chi connectivity index (χ4n) is 2.82. The predicted octanol–water partition coefficient (Wildman–Crippen LogP) is 3.97. The van der Waals surface area contributed by atoms with Gasteiger partial charge in [-0.2, -0.15) is 0 Å². The van der Waals surface area contributed by atoms with Crippen molar-refractivity contribution in [2.75, 3.05) is 5.32 Å². The van der Waals surface area contributed by atoms with Crippen molar-refractivity contribution in [3.8, 4) is 0 Å². The Morgan fingerprint density at radius 2 is 1.95 bits per heavy atom. The van der Waals surface area contributed by atoms with E-state index in [9.17, 15) is 4.79 Å². The van der Waals surface area contributed by atoms with Gasteiger partial charge in [-0.05, 0) is 30.7 Å². The van der Waals surface area contributed by atoms with Crippen LogP contribution in [0.15, 0.2) is 48.7 Å². The molecule has 1 aliphatic heterocycles. The minimum Gasteiger partial charge on any atom is -0.361 e. The predicted molar refractivity (Wildman–Crippen MR) is 86.0 cm³/mol. The number of aryl methyl sites for hydroxylation is 1. The Hall–Kier alpha value is -2.81. The monoisotopic (exact) mass is 274 g/mol. The molecule has 0 unspecified atom stereocenters. The van der Waals surface area contributed by atoms with Crippen molar-refractivity contribution >= 4 is 34.1 Å². The van der Waals surface area contributed by atoms with Crippen molar-refractivity contribution in [2.24, 2.45) is 0 Å². The average molecular weight is 274 g/mol. The Balaban J connectivity index is 1.89. The van der Waals surface area contributed by atoms with Gasteiger partial charge in [0.1, 0.15) is 0 Å². The summed E-state index contributed by atoms with van der Waals surface area (Å²) in [5.41, 5.74) is 5.90. The molecule has 102 valence electrons. The summed E-state index contributed by atoms with van der Waals surface area (Å²) in [6, 6.07) is 14.1. The first kappa shape index (κ1) is 12.0. The van der Waals surface area contributed by atoms with E-state index in [2.05, 4.69) is 35.4 Å². The summed E-state index contributed by atoms with van der Waals surface area (Å²) in [6.07, 6.45) is 3.90. The van der Waals surface area contributed by atoms with Gasteiger partial charge in [0.05, 0.1) is 0 Å². The smallest absolute Gasteiger partial charge is 0.256 e. The van der Waals surface area contributed by atoms with Crippen molar-refractivity contribution in [1.82, 2.24) is 4.98 Å². The van der Waals surface area contributed by atoms with E-state index in [-0.39, 0.29) is 5.91 Å². The first-order valence-corrected chi connectivity index (χ1v) is 6.92. The number of aromatic nitrogens is 1. The van der Waals surface area contributed by atoms with Gasteiger partial charge in [0.25, 0.3) is 5.91 Å². The molecule has 0 fully saturated rings. The van der Waals surface area contributed by atoms with Gasteiger partial charge in [-0.1, -0.05) is 30.3 Å². The number of aromatic amines is 1. The fraction of sp³-hybridized carbons (Fsp3) is 0.0556. The highest BCUT2D eigenvalue weighted by Crippen LogP contribution is 2.33. The van der Waals surface area contributed by atoms with Crippen molar-refractivity contribution in [3.63, 3.8) is 0 Å². The standard InChI is InChI=1S/C18H14N2O/c1-11-6-7-13-12(10-19-17(13)8-11)9-15-14-4-2-3-5-16(14)20-18(15)21/h2-10,19H,1H3,(H,20,21)/b15-9+. The van der Waals surface area contributed by atoms with Gasteiger partial charge < -0.3 is 10.3 Å². The van der Waals surface area contributed by atoms with E-state index in [1.807, 2.05) is 36.5 Å². The normalized spacial score (nSPS) is 15.5. The van der Waals surface area contributed by atoms with Crippen LogP contribution in [-0.4, -0.2) is 10.9 Å². The van der Waals surface area contributed by atoms with Gasteiger partial charge in [-0.25, -0.2) is 0 Å². The molecule has 0 saturated heterocycles. The molecule has 0 radical (unpaired) electrons. The minimum atomic E-state index is -0.0438. The van der Waals surface area contributed by atoms with E-state index in [0.717, 1.165) is 27.7 Å². The van der Waals surface area contributed by atoms with Crippen LogP contribution in [0.2, 0.25) is 0 Å². The summed E-state index contributed by atoms with van der Waals surface area (Å²) in [5, 5.41) is 4.03. The molecule has 2 heterocycles. The van der Waals surface area contributed by atoms with Crippen LogP contribution >= 0.6 is 0 Å². The summed E-state index contributed by atoms with van der Waals surface area (Å²) < 4.78 is 0. The molecule has 2 aromatic carbocycles. The van der Waals surface area contributed by atoms with Gasteiger partial charge in [-0.15, -0.1) is 0 Å². The van der Waals surface area contributed by atoms with Gasteiger partial charge in [0, 0.05) is 39.5 Å². The highest BCUT2D eigenvalue weighted by atomic mass is 16.2. The van der Waals surface area contributed by atoms with Crippen LogP contribution in [-0.2, 0) is 4.79 Å². The number of para-hydroxylation sites is 1. The summed E-state index contributed by atoms with van der Waals surface area (Å²) in [4.78, 5) is 15.4. The summed E-state index contributed by atoms with van der Waals surface area (Å²) in [7, 11) is 0. The third-order valence-electron chi connectivity index (χ3n) is 3.88. The zero-order valence-corrected chi connectivity index (χ0v) is 11.6. The zero-order chi connectivity index (χ0) is 14.4. The third-order valence-corrected chi connectivity index (χ3v) is 3.88. The number of amides is 1. The summed E-state index contributed by atoms with van der Waals surface area (Å²) >= 11 is 0. The van der Waals surface area contributed by atoms with Crippen LogP contribution in [0.25, 0.3) is 22.6 Å². The first-order valence-electron chi connectivity index (χ1n) is 6.92. The summed E-state index contributed by atoms with van der Waals surface area (Å²) in [5.74, 6) is -0.0438. The lowest BCUT2D eigenvalue weighted by molar-refractivity contribution is -0.110. The molecule has 0 aliphatic carbocycles. The lowest BCUT2D eigenvalue weighted by atomic mass is 10.0. The van der Waals surface area contributed by atoms with Crippen molar-refractivity contribution in [3.05, 3.63) is 65.4 Å². The number of hydrogen-bond donors (Lipinski definition) is 2. The van der Waals surface area contributed by atoms with Gasteiger partial charge in [0.2, 0.25) is 0 Å². The molecule has 3 nitrogen and oxygen atoms in total. The van der Waals surface area contributed by atoms with Crippen LogP contribution < -0.4 is 5.32 Å². The molecular formula is C18H14N2O. The van der Waals surface area contributed by atoms with Gasteiger partial charge in [-0.3, -0.25) is 4.79 Å². The van der Waals surface area contributed by atoms with Crippen LogP contribution in [0.5, 0.6) is 0 Å². The fourth-order valence-corrected chi connectivity index (χ4v) is 2.82. The van der Waals surface area contributed by atoms with E-state index in [1.165, 1.54) is 5.56 Å². The second-order valence-corrected chi connectivity index (χ2v) is 5.35. The number of carbonyl (C=O) groups excluding carboxylic acids is 1. The van der Waals surface area contributed by atoms with Crippen LogP contribution in [0.4, 0.5) is 5.69 Å². The second-order valence-electron chi connectivity index (χ2n) is 5.35. The number of hydrogen-bond acceptors (Lipinski definition) is 1. The lowest BCUT2D eigenvalue weighted by Crippen LogP contribution is -2.03. The SMILES string of the molecule is Cc1ccc2c(/C=C3/C(=O)Nc4ccccc43)c[nH]c2c1. The highest BCUT2D eigenvalue weighted by molar-refractivity contribution is 6.35. The van der Waals surface area contributed by atoms with Crippen molar-refractivity contribution in [2.45, 2.75) is 6.92 Å². The number of benzene rings is 2. The molecule has 1 amide bonds. The van der Waals surface area contributed by atoms with Crippen molar-refractivity contribution in [1.29, 1.82) is 0 Å². The molecule has 21 heavy (non-hydrogen) atoms. The Labute approximate surface area is 122 Å². The van der Waals surface area contributed by atoms with Crippen molar-refractivity contribution < 1.29 is 4.79 Å². The number of nitrogens with one attached hydrogen (secondary N) is 2. The maximum atomic E-state index is 12.2. The average Bonchev–Trinajstić information content (AvgIpc) is 3.01. The van der Waals surface area contributed by atoms with Crippen LogP contribution in [0.3, 0.4) is 0 Å². The molecule has 1 aliphatic rings. The molecule has 3 heteroatoms. The molecule has 3 aromatic rings. The number of carbonyl (C=O) groups is 1. The maximum Gasteiger partial charge on any atom is 0.256 e. The van der Waals surface area contributed by atoms with E-state index < -0.39 is 0 Å². The molecular weight excluding hydrogens is 260 g/mol. The summed E-state index contributed by atoms with van der Waals surface area (Å²) in [6.45, 7) is 2.07. The first-order chi connectivity index (χ1) is 10.2. The number of rotatable bonds is 1. The Morgan fingerprint density at radius 1 is 1.10 bits per heavy atom. The Bertz CT molecular complexity index is 902. The molecule has 0 atom stereocenters. The largest absolute Gasteiger partial charge is 0.361 e. The second kappa shape index (κ2) is 4.35. The quantitative estimate of drug-likeness (QED) is 0.648. The molecule has 0 spiro atoms. The molecule has 0 bridgehead atoms. The number of H-pyrrole nitrogens is 1. The zero-order valence-electron chi connectivity index (χ0n) is 11.6. The number of fused-ring (bicyclic) bond motifs is 2. The van der Waals surface area contributed by atoms with Gasteiger partial charge >= 0.3 is 0 Å². The van der Waals surface area contributed by atoms with Crippen LogP contribution in [0, 0.1) is 6.92 Å². The minimum absolute atomic E-state index is 0.0438. The van der Waals surface area contributed by atoms with E-state index in [4.69, 9.17) is 0 Å². The Morgan fingerprint density at radius 3 is 2.86 bits per heavy atom. The number of anilines is 1. The Kier molecular flexibility index (Phi) is 2.48. The van der Waals surface area contributed by atoms with E-state index in [1.54, 1.807) is 0 Å². The molecule has 4 rings (SSSR count). The maximum absolute atomic E-state index is 12.2. The van der Waals surface area contributed by atoms with E-state index >= 15 is 0 Å². The topological polar surface area (TPSA) is 44.9 Å². The molecule has 1 aromatic heterocycles. The molecule has 2 N–H and O–H groups in total. The van der Waals surface area contributed by atoms with Crippen LogP contribution in [0.1, 0.15) is 16.7 Å². The third kappa shape index (κ3) is 1.86. The van der Waals surface area contributed by atoms with Gasteiger partial charge in [0.15, 0.2) is 0 Å². The molecule has 0 saturated carbocycles. The highest BCUT2D eigenvalue weighted by Gasteiger charge is 2.23. The lowest BCUT2D eigenvalue weighted by Gasteiger charge is -1.98. The van der Waals surface area contributed by atoms with E-state index in [0.29, 0.717) is 5.57 Å².